The Morgan fingerprint density at radius 2 is 1.83 bits per heavy atom. The van der Waals surface area contributed by atoms with E-state index in [1.165, 1.54) is 0 Å². The van der Waals surface area contributed by atoms with Gasteiger partial charge >= 0.3 is 0 Å². The second kappa shape index (κ2) is 9.94. The van der Waals surface area contributed by atoms with Gasteiger partial charge < -0.3 is 15.0 Å². The van der Waals surface area contributed by atoms with Crippen LogP contribution >= 0.6 is 0 Å². The predicted molar refractivity (Wildman–Crippen MR) is 131 cm³/mol. The third-order valence-electron chi connectivity index (χ3n) is 6.76. The Kier molecular flexibility index (Phi) is 6.56. The van der Waals surface area contributed by atoms with Crippen molar-refractivity contribution in [2.45, 2.75) is 32.4 Å². The van der Waals surface area contributed by atoms with Gasteiger partial charge in [-0.1, -0.05) is 18.2 Å². The van der Waals surface area contributed by atoms with Gasteiger partial charge in [0.05, 0.1) is 17.5 Å². The summed E-state index contributed by atoms with van der Waals surface area (Å²) in [4.78, 5) is 43.7. The van der Waals surface area contributed by atoms with E-state index < -0.39 is 17.9 Å². The molecule has 1 saturated carbocycles. The molecule has 3 amide bonds. The molecule has 0 spiro atoms. The summed E-state index contributed by atoms with van der Waals surface area (Å²) >= 11 is 0. The van der Waals surface area contributed by atoms with Crippen LogP contribution in [0.2, 0.25) is 0 Å². The average molecular weight is 489 g/mol. The van der Waals surface area contributed by atoms with Crippen LogP contribution < -0.4 is 15.5 Å². The number of nitrogens with zero attached hydrogens (tertiary/aromatic N) is 2. The number of carbonyl (C=O) groups is 3. The van der Waals surface area contributed by atoms with E-state index in [2.05, 4.69) is 10.3 Å². The van der Waals surface area contributed by atoms with E-state index in [1.54, 1.807) is 34.6 Å². The molecular formula is C27H28N4O5. The molecule has 1 aromatic heterocycles. The molecular weight excluding hydrogens is 460 g/mol. The third kappa shape index (κ3) is 5.01. The molecule has 186 valence electrons. The highest BCUT2D eigenvalue weighted by atomic mass is 16.5. The van der Waals surface area contributed by atoms with Gasteiger partial charge in [-0.15, -0.1) is 0 Å². The molecule has 2 aliphatic rings. The molecule has 3 N–H and O–H groups in total. The second-order valence-electron chi connectivity index (χ2n) is 9.43. The molecule has 2 aromatic carbocycles. The molecule has 0 bridgehead atoms. The molecule has 2 atom stereocenters. The molecule has 2 heterocycles. The summed E-state index contributed by atoms with van der Waals surface area (Å²) < 4.78 is 5.97. The highest BCUT2D eigenvalue weighted by Crippen LogP contribution is 2.33. The number of para-hydroxylation sites is 1. The normalized spacial score (nSPS) is 19.2. The zero-order valence-corrected chi connectivity index (χ0v) is 19.9. The highest BCUT2D eigenvalue weighted by Gasteiger charge is 2.44. The van der Waals surface area contributed by atoms with Crippen molar-refractivity contribution < 1.29 is 24.3 Å². The number of aryl methyl sites for hydroxylation is 1. The van der Waals surface area contributed by atoms with Gasteiger partial charge in [0.25, 0.3) is 5.91 Å². The maximum Gasteiger partial charge on any atom is 0.251 e. The van der Waals surface area contributed by atoms with Crippen LogP contribution in [-0.2, 0) is 16.2 Å². The molecule has 0 radical (unpaired) electrons. The highest BCUT2D eigenvalue weighted by molar-refractivity contribution is 5.95. The molecule has 2 unspecified atom stereocenters. The fourth-order valence-electron chi connectivity index (χ4n) is 4.70. The predicted octanol–water partition coefficient (Wildman–Crippen LogP) is 2.59. The second-order valence-corrected chi connectivity index (χ2v) is 9.43. The lowest BCUT2D eigenvalue weighted by Gasteiger charge is -2.18. The van der Waals surface area contributed by atoms with Gasteiger partial charge in [0, 0.05) is 41.2 Å². The van der Waals surface area contributed by atoms with E-state index in [0.29, 0.717) is 17.9 Å². The Hall–Kier alpha value is -3.98. The van der Waals surface area contributed by atoms with E-state index in [-0.39, 0.29) is 30.8 Å². The summed E-state index contributed by atoms with van der Waals surface area (Å²) in [6.07, 6.45) is 1.71. The van der Waals surface area contributed by atoms with Crippen LogP contribution in [0.5, 0.6) is 5.75 Å². The molecule has 9 heteroatoms. The SMILES string of the molecule is Cc1cc(COc2ccc(C(=O)NC3CN(C(=O)C4CC4)CC3C(=O)NO)cc2)c2ccccc2n1. The van der Waals surface area contributed by atoms with Gasteiger partial charge in [-0.25, -0.2) is 5.48 Å². The summed E-state index contributed by atoms with van der Waals surface area (Å²) in [5.74, 6) is -1.07. The van der Waals surface area contributed by atoms with Crippen LogP contribution in [0.4, 0.5) is 0 Å². The van der Waals surface area contributed by atoms with Crippen LogP contribution in [0.25, 0.3) is 10.9 Å². The Balaban J connectivity index is 1.23. The van der Waals surface area contributed by atoms with Gasteiger partial charge in [0.2, 0.25) is 11.8 Å². The largest absolute Gasteiger partial charge is 0.489 e. The first kappa shape index (κ1) is 23.7. The monoisotopic (exact) mass is 488 g/mol. The summed E-state index contributed by atoms with van der Waals surface area (Å²) in [6, 6.07) is 16.1. The molecule has 1 aliphatic carbocycles. The van der Waals surface area contributed by atoms with Crippen molar-refractivity contribution >= 4 is 28.6 Å². The minimum Gasteiger partial charge on any atom is -0.489 e. The quantitative estimate of drug-likeness (QED) is 0.347. The molecule has 9 nitrogen and oxygen atoms in total. The van der Waals surface area contributed by atoms with Gasteiger partial charge in [-0.05, 0) is 56.2 Å². The maximum atomic E-state index is 12.9. The topological polar surface area (TPSA) is 121 Å². The fraction of sp³-hybridized carbons (Fsp3) is 0.333. The van der Waals surface area contributed by atoms with E-state index in [1.807, 2.05) is 37.3 Å². The van der Waals surface area contributed by atoms with Gasteiger partial charge in [0.15, 0.2) is 0 Å². The van der Waals surface area contributed by atoms with Crippen LogP contribution in [0.15, 0.2) is 54.6 Å². The van der Waals surface area contributed by atoms with Crippen molar-refractivity contribution in [2.75, 3.05) is 13.1 Å². The zero-order valence-electron chi connectivity index (χ0n) is 19.9. The van der Waals surface area contributed by atoms with Gasteiger partial charge in [-0.3, -0.25) is 24.6 Å². The number of benzene rings is 2. The lowest BCUT2D eigenvalue weighted by Crippen LogP contribution is -2.45. The minimum atomic E-state index is -0.720. The van der Waals surface area contributed by atoms with E-state index in [9.17, 15) is 14.4 Å². The van der Waals surface area contributed by atoms with Crippen LogP contribution in [0.3, 0.4) is 0 Å². The molecule has 3 aromatic rings. The number of likely N-dealkylation sites (tertiary alicyclic amines) is 1. The molecule has 36 heavy (non-hydrogen) atoms. The van der Waals surface area contributed by atoms with Crippen molar-refractivity contribution in [1.29, 1.82) is 0 Å². The van der Waals surface area contributed by atoms with Crippen molar-refractivity contribution in [3.05, 3.63) is 71.4 Å². The maximum absolute atomic E-state index is 12.9. The molecule has 1 saturated heterocycles. The summed E-state index contributed by atoms with van der Waals surface area (Å²) in [7, 11) is 0. The summed E-state index contributed by atoms with van der Waals surface area (Å²) in [6.45, 7) is 2.71. The number of nitrogens with one attached hydrogen (secondary N) is 2. The van der Waals surface area contributed by atoms with Crippen molar-refractivity contribution in [3.8, 4) is 5.75 Å². The number of ether oxygens (including phenoxy) is 1. The fourth-order valence-corrected chi connectivity index (χ4v) is 4.70. The number of carbonyl (C=O) groups excluding carboxylic acids is 3. The standard InChI is InChI=1S/C27H28N4O5/c1-16-12-19(21-4-2-3-5-23(21)28-16)15-36-20-10-8-17(9-11-20)25(32)29-24-14-31(27(34)18-6-7-18)13-22(24)26(33)30-35/h2-5,8-12,18,22,24,35H,6-7,13-15H2,1H3,(H,29,32)(H,30,33). The Labute approximate surface area is 208 Å². The van der Waals surface area contributed by atoms with Gasteiger partial charge in [-0.2, -0.15) is 0 Å². The Morgan fingerprint density at radius 1 is 1.08 bits per heavy atom. The Bertz CT molecular complexity index is 1310. The summed E-state index contributed by atoms with van der Waals surface area (Å²) in [5, 5.41) is 13.0. The first-order valence-corrected chi connectivity index (χ1v) is 12.0. The lowest BCUT2D eigenvalue weighted by molar-refractivity contribution is -0.134. The number of fused-ring (bicyclic) bond motifs is 1. The third-order valence-corrected chi connectivity index (χ3v) is 6.76. The number of amides is 3. The van der Waals surface area contributed by atoms with Crippen molar-refractivity contribution in [3.63, 3.8) is 0 Å². The minimum absolute atomic E-state index is 0.00107. The number of rotatable bonds is 7. The van der Waals surface area contributed by atoms with E-state index in [4.69, 9.17) is 9.94 Å². The molecule has 5 rings (SSSR count). The first-order valence-electron chi connectivity index (χ1n) is 12.0. The first-order chi connectivity index (χ1) is 17.4. The van der Waals surface area contributed by atoms with Crippen LogP contribution in [-0.4, -0.2) is 51.9 Å². The molecule has 1 aliphatic heterocycles. The van der Waals surface area contributed by atoms with Crippen molar-refractivity contribution in [2.24, 2.45) is 11.8 Å². The lowest BCUT2D eigenvalue weighted by atomic mass is 10.0. The van der Waals surface area contributed by atoms with Gasteiger partial charge in [0.1, 0.15) is 12.4 Å². The summed E-state index contributed by atoms with van der Waals surface area (Å²) in [5.41, 5.74) is 4.92. The Morgan fingerprint density at radius 3 is 2.56 bits per heavy atom. The number of pyridine rings is 1. The average Bonchev–Trinajstić information content (AvgIpc) is 3.66. The van der Waals surface area contributed by atoms with Crippen LogP contribution in [0.1, 0.15) is 34.5 Å². The van der Waals surface area contributed by atoms with Crippen molar-refractivity contribution in [1.82, 2.24) is 20.7 Å². The van der Waals surface area contributed by atoms with Crippen LogP contribution in [0, 0.1) is 18.8 Å². The smallest absolute Gasteiger partial charge is 0.251 e. The number of aromatic nitrogens is 1. The number of hydrogen-bond acceptors (Lipinski definition) is 6. The number of hydrogen-bond donors (Lipinski definition) is 3. The van der Waals surface area contributed by atoms with E-state index in [0.717, 1.165) is 35.0 Å². The van der Waals surface area contributed by atoms with E-state index >= 15 is 0 Å². The molecule has 2 fully saturated rings. The zero-order chi connectivity index (χ0) is 25.2. The number of hydroxylamine groups is 1.